The van der Waals surface area contributed by atoms with E-state index in [-0.39, 0.29) is 29.9 Å². The highest BCUT2D eigenvalue weighted by molar-refractivity contribution is 9.11. The summed E-state index contributed by atoms with van der Waals surface area (Å²) in [6.45, 7) is 0.445. The molecule has 0 spiro atoms. The van der Waals surface area contributed by atoms with Crippen molar-refractivity contribution >= 4 is 77.6 Å². The average molecular weight is 653 g/mol. The van der Waals surface area contributed by atoms with E-state index in [4.69, 9.17) is 9.84 Å². The summed E-state index contributed by atoms with van der Waals surface area (Å²) in [6.07, 6.45) is 1.69. The van der Waals surface area contributed by atoms with Crippen LogP contribution in [0.2, 0.25) is 0 Å². The Morgan fingerprint density at radius 3 is 2.34 bits per heavy atom. The number of carbonyl (C=O) groups is 3. The molecular weight excluding hydrogens is 634 g/mol. The number of benzene rings is 4. The number of hydrogen-bond acceptors (Lipinski definition) is 5. The van der Waals surface area contributed by atoms with Gasteiger partial charge in [0.15, 0.2) is 0 Å². The van der Waals surface area contributed by atoms with Crippen molar-refractivity contribution in [3.05, 3.63) is 115 Å². The molecule has 4 aromatic rings. The van der Waals surface area contributed by atoms with Crippen LogP contribution in [0, 0.1) is 0 Å². The number of carboxylic acid groups (broad SMARTS) is 1. The van der Waals surface area contributed by atoms with Crippen LogP contribution in [0.5, 0.6) is 5.75 Å². The van der Waals surface area contributed by atoms with Gasteiger partial charge in [0.25, 0.3) is 11.1 Å². The van der Waals surface area contributed by atoms with Gasteiger partial charge in [0.05, 0.1) is 26.0 Å². The smallest absolute Gasteiger partial charge is 0.335 e. The normalized spacial score (nSPS) is 14.5. The number of carbonyl (C=O) groups excluding carboxylic acids is 2. The van der Waals surface area contributed by atoms with E-state index in [1.807, 2.05) is 54.6 Å². The first kappa shape index (κ1) is 26.2. The zero-order valence-corrected chi connectivity index (χ0v) is 23.7. The van der Waals surface area contributed by atoms with E-state index in [0.29, 0.717) is 19.6 Å². The fraction of sp³-hybridized carbons (Fsp3) is 0.0690. The second kappa shape index (κ2) is 11.1. The molecule has 190 valence electrons. The lowest BCUT2D eigenvalue weighted by atomic mass is 10.0. The number of amides is 2. The van der Waals surface area contributed by atoms with Crippen molar-refractivity contribution in [3.8, 4) is 5.75 Å². The van der Waals surface area contributed by atoms with Crippen LogP contribution in [0.4, 0.5) is 4.79 Å². The highest BCUT2D eigenvalue weighted by Gasteiger charge is 2.35. The Morgan fingerprint density at radius 2 is 1.63 bits per heavy atom. The van der Waals surface area contributed by atoms with Gasteiger partial charge in [-0.3, -0.25) is 14.5 Å². The van der Waals surface area contributed by atoms with Crippen molar-refractivity contribution in [2.45, 2.75) is 13.2 Å². The van der Waals surface area contributed by atoms with Crippen molar-refractivity contribution in [3.63, 3.8) is 0 Å². The second-order valence-corrected chi connectivity index (χ2v) is 11.2. The number of fused-ring (bicyclic) bond motifs is 1. The maximum absolute atomic E-state index is 13.2. The monoisotopic (exact) mass is 651 g/mol. The minimum absolute atomic E-state index is 0.205. The lowest BCUT2D eigenvalue weighted by molar-refractivity contribution is -0.123. The van der Waals surface area contributed by atoms with Crippen LogP contribution in [0.15, 0.2) is 92.7 Å². The van der Waals surface area contributed by atoms with Crippen LogP contribution in [0.25, 0.3) is 16.8 Å². The molecule has 0 atom stereocenters. The second-order valence-electron chi connectivity index (χ2n) is 8.51. The van der Waals surface area contributed by atoms with E-state index < -0.39 is 5.97 Å². The van der Waals surface area contributed by atoms with Gasteiger partial charge in [-0.1, -0.05) is 54.6 Å². The molecule has 0 saturated carbocycles. The summed E-state index contributed by atoms with van der Waals surface area (Å²) in [4.78, 5) is 38.6. The molecule has 0 aromatic heterocycles. The Labute approximate surface area is 239 Å². The van der Waals surface area contributed by atoms with Crippen molar-refractivity contribution in [2.75, 3.05) is 0 Å². The maximum Gasteiger partial charge on any atom is 0.335 e. The van der Waals surface area contributed by atoms with Crippen molar-refractivity contribution in [1.29, 1.82) is 0 Å². The first-order valence-corrected chi connectivity index (χ1v) is 13.9. The van der Waals surface area contributed by atoms with Gasteiger partial charge < -0.3 is 9.84 Å². The first-order chi connectivity index (χ1) is 18.3. The maximum atomic E-state index is 13.2. The molecule has 1 fully saturated rings. The molecule has 1 saturated heterocycles. The topological polar surface area (TPSA) is 83.9 Å². The van der Waals surface area contributed by atoms with Gasteiger partial charge in [0, 0.05) is 0 Å². The third-order valence-electron chi connectivity index (χ3n) is 5.98. The van der Waals surface area contributed by atoms with E-state index >= 15 is 0 Å². The molecule has 0 bridgehead atoms. The van der Waals surface area contributed by atoms with Crippen molar-refractivity contribution < 1.29 is 24.2 Å². The van der Waals surface area contributed by atoms with Crippen LogP contribution < -0.4 is 4.74 Å². The third-order valence-corrected chi connectivity index (χ3v) is 8.07. The van der Waals surface area contributed by atoms with Gasteiger partial charge in [0.2, 0.25) is 0 Å². The number of imide groups is 1. The summed E-state index contributed by atoms with van der Waals surface area (Å²) >= 11 is 7.98. The molecule has 9 heteroatoms. The van der Waals surface area contributed by atoms with Crippen LogP contribution in [-0.4, -0.2) is 27.1 Å². The van der Waals surface area contributed by atoms with Gasteiger partial charge in [-0.05, 0) is 101 Å². The van der Waals surface area contributed by atoms with Crippen LogP contribution in [0.3, 0.4) is 0 Å². The van der Waals surface area contributed by atoms with E-state index in [1.54, 1.807) is 18.2 Å². The number of hydrogen-bond donors (Lipinski definition) is 1. The van der Waals surface area contributed by atoms with E-state index in [2.05, 4.69) is 31.9 Å². The molecule has 4 aromatic carbocycles. The van der Waals surface area contributed by atoms with Crippen molar-refractivity contribution in [1.82, 2.24) is 4.90 Å². The van der Waals surface area contributed by atoms with Gasteiger partial charge in [-0.15, -0.1) is 0 Å². The minimum Gasteiger partial charge on any atom is -0.487 e. The third kappa shape index (κ3) is 5.55. The first-order valence-electron chi connectivity index (χ1n) is 11.5. The lowest BCUT2D eigenvalue weighted by Crippen LogP contribution is -2.27. The summed E-state index contributed by atoms with van der Waals surface area (Å²) in [5.74, 6) is -0.746. The Kier molecular flexibility index (Phi) is 7.69. The summed E-state index contributed by atoms with van der Waals surface area (Å²) in [5, 5.41) is 10.8. The number of halogens is 2. The summed E-state index contributed by atoms with van der Waals surface area (Å²) < 4.78 is 7.26. The molecule has 5 rings (SSSR count). The molecule has 6 nitrogen and oxygen atoms in total. The summed E-state index contributed by atoms with van der Waals surface area (Å²) in [7, 11) is 0. The number of thioether (sulfide) groups is 1. The Balaban J connectivity index is 1.31. The minimum atomic E-state index is -0.982. The highest BCUT2D eigenvalue weighted by Crippen LogP contribution is 2.38. The zero-order valence-electron chi connectivity index (χ0n) is 19.7. The predicted octanol–water partition coefficient (Wildman–Crippen LogP) is 7.88. The Morgan fingerprint density at radius 1 is 0.947 bits per heavy atom. The number of nitrogens with zero attached hydrogens (tertiary/aromatic N) is 1. The van der Waals surface area contributed by atoms with E-state index in [9.17, 15) is 14.4 Å². The summed E-state index contributed by atoms with van der Waals surface area (Å²) in [5.41, 5.74) is 2.66. The quantitative estimate of drug-likeness (QED) is 0.205. The fourth-order valence-corrected chi connectivity index (χ4v) is 6.38. The Hall–Kier alpha value is -3.40. The molecule has 0 aliphatic carbocycles. The molecule has 1 aliphatic rings. The molecule has 2 amide bonds. The molecule has 0 radical (unpaired) electrons. The van der Waals surface area contributed by atoms with Crippen LogP contribution in [0.1, 0.15) is 27.0 Å². The number of rotatable bonds is 7. The SMILES string of the molecule is O=C(O)c1ccc(COc2c(Br)cc(/C=C3/SC(=O)N(Cc4cccc5ccccc45)C3=O)cc2Br)cc1. The van der Waals surface area contributed by atoms with Crippen LogP contribution in [-0.2, 0) is 17.9 Å². The molecule has 38 heavy (non-hydrogen) atoms. The van der Waals surface area contributed by atoms with Gasteiger partial charge in [0.1, 0.15) is 12.4 Å². The zero-order chi connectivity index (χ0) is 26.8. The standard InChI is InChI=1S/C29H19Br2NO5S/c30-23-12-18(13-24(31)26(23)37-16-17-8-10-20(11-9-17)28(34)35)14-25-27(33)32(29(36)38-25)15-21-6-3-5-19-4-1-2-7-22(19)21/h1-14H,15-16H2,(H,34,35)/b25-14+. The van der Waals surface area contributed by atoms with E-state index in [0.717, 1.165) is 39.2 Å². The van der Waals surface area contributed by atoms with Crippen LogP contribution >= 0.6 is 43.6 Å². The van der Waals surface area contributed by atoms with Gasteiger partial charge in [-0.25, -0.2) is 4.79 Å². The fourth-order valence-electron chi connectivity index (χ4n) is 4.09. The number of ether oxygens (including phenoxy) is 1. The molecule has 1 aliphatic heterocycles. The van der Waals surface area contributed by atoms with Crippen molar-refractivity contribution in [2.24, 2.45) is 0 Å². The molecule has 1 N–H and O–H groups in total. The molecule has 1 heterocycles. The number of aromatic carboxylic acids is 1. The molecular formula is C29H19Br2NO5S. The van der Waals surface area contributed by atoms with Gasteiger partial charge in [-0.2, -0.15) is 0 Å². The highest BCUT2D eigenvalue weighted by atomic mass is 79.9. The number of carboxylic acids is 1. The van der Waals surface area contributed by atoms with E-state index in [1.165, 1.54) is 17.0 Å². The summed E-state index contributed by atoms with van der Waals surface area (Å²) in [6, 6.07) is 23.8. The van der Waals surface area contributed by atoms with Gasteiger partial charge >= 0.3 is 5.97 Å². The largest absolute Gasteiger partial charge is 0.487 e. The average Bonchev–Trinajstić information content (AvgIpc) is 3.16. The Bertz CT molecular complexity index is 1590. The lowest BCUT2D eigenvalue weighted by Gasteiger charge is -2.14. The predicted molar refractivity (Wildman–Crippen MR) is 155 cm³/mol. The molecule has 0 unspecified atom stereocenters.